The summed E-state index contributed by atoms with van der Waals surface area (Å²) in [5.41, 5.74) is 2.15. The van der Waals surface area contributed by atoms with Gasteiger partial charge in [0, 0.05) is 24.7 Å². The maximum atomic E-state index is 13.4. The second-order valence-corrected chi connectivity index (χ2v) is 7.48. The third-order valence-electron chi connectivity index (χ3n) is 5.51. The Bertz CT molecular complexity index is 845. The maximum Gasteiger partial charge on any atom is 0.303 e. The molecule has 1 N–H and O–H groups in total. The van der Waals surface area contributed by atoms with Gasteiger partial charge < -0.3 is 10.0 Å². The number of hydrogen-bond donors (Lipinski definition) is 1. The minimum absolute atomic E-state index is 0.0181. The summed E-state index contributed by atoms with van der Waals surface area (Å²) in [6.07, 6.45) is 6.10. The van der Waals surface area contributed by atoms with Crippen molar-refractivity contribution in [3.63, 3.8) is 0 Å². The molecule has 1 saturated heterocycles. The van der Waals surface area contributed by atoms with Gasteiger partial charge in [0.15, 0.2) is 5.65 Å². The molecule has 1 fully saturated rings. The van der Waals surface area contributed by atoms with Gasteiger partial charge in [0.25, 0.3) is 5.91 Å². The van der Waals surface area contributed by atoms with Crippen molar-refractivity contribution in [1.82, 2.24) is 19.7 Å². The van der Waals surface area contributed by atoms with Crippen molar-refractivity contribution in [2.24, 2.45) is 0 Å². The van der Waals surface area contributed by atoms with Crippen LogP contribution >= 0.6 is 0 Å². The molecule has 1 aliphatic rings. The molecule has 7 nitrogen and oxygen atoms in total. The third kappa shape index (κ3) is 3.96. The average Bonchev–Trinajstić information content (AvgIpc) is 3.08. The fraction of sp³-hybridized carbons (Fsp3) is 0.600. The molecule has 3 rings (SSSR count). The molecule has 2 atom stereocenters. The molecule has 0 saturated carbocycles. The van der Waals surface area contributed by atoms with Crippen LogP contribution in [0.4, 0.5) is 0 Å². The number of fused-ring (bicyclic) bond motifs is 1. The quantitative estimate of drug-likeness (QED) is 0.837. The first-order valence-corrected chi connectivity index (χ1v) is 9.80. The smallest absolute Gasteiger partial charge is 0.303 e. The second kappa shape index (κ2) is 8.06. The number of aryl methyl sites for hydroxylation is 1. The van der Waals surface area contributed by atoms with Crippen LogP contribution < -0.4 is 0 Å². The fourth-order valence-corrected chi connectivity index (χ4v) is 3.83. The maximum absolute atomic E-state index is 13.4. The number of nitrogens with zero attached hydrogens (tertiary/aromatic N) is 4. The SMILES string of the molecule is CCC(C)n1ncc2c(C(=O)N3CCCCC3CCC(=O)O)cc(C)nc21. The van der Waals surface area contributed by atoms with Crippen molar-refractivity contribution >= 4 is 22.9 Å². The van der Waals surface area contributed by atoms with E-state index in [-0.39, 0.29) is 24.4 Å². The number of pyridine rings is 1. The minimum atomic E-state index is -0.815. The van der Waals surface area contributed by atoms with Crippen LogP contribution in [0.1, 0.15) is 74.5 Å². The summed E-state index contributed by atoms with van der Waals surface area (Å²) in [5, 5.41) is 14.3. The molecule has 2 aromatic rings. The zero-order valence-electron chi connectivity index (χ0n) is 16.3. The van der Waals surface area contributed by atoms with Crippen molar-refractivity contribution in [3.05, 3.63) is 23.5 Å². The lowest BCUT2D eigenvalue weighted by Gasteiger charge is -2.36. The van der Waals surface area contributed by atoms with Crippen LogP contribution in [-0.2, 0) is 4.79 Å². The van der Waals surface area contributed by atoms with Crippen LogP contribution in [0.15, 0.2) is 12.3 Å². The standard InChI is InChI=1S/C20H28N4O3/c1-4-14(3)24-19-17(12-21-24)16(11-13(2)22-19)20(27)23-10-6-5-7-15(23)8-9-18(25)26/h11-12,14-15H,4-10H2,1-3H3,(H,25,26). The van der Waals surface area contributed by atoms with Crippen LogP contribution in [0.3, 0.4) is 0 Å². The molecule has 0 aromatic carbocycles. The summed E-state index contributed by atoms with van der Waals surface area (Å²) in [7, 11) is 0. The Labute approximate surface area is 159 Å². The second-order valence-electron chi connectivity index (χ2n) is 7.48. The van der Waals surface area contributed by atoms with Crippen LogP contribution in [0.2, 0.25) is 0 Å². The average molecular weight is 372 g/mol. The number of amides is 1. The van der Waals surface area contributed by atoms with Crippen molar-refractivity contribution < 1.29 is 14.7 Å². The lowest BCUT2D eigenvalue weighted by atomic mass is 9.96. The van der Waals surface area contributed by atoms with Gasteiger partial charge >= 0.3 is 5.97 Å². The summed E-state index contributed by atoms with van der Waals surface area (Å²) in [5.74, 6) is -0.853. The van der Waals surface area contributed by atoms with Gasteiger partial charge in [-0.25, -0.2) is 9.67 Å². The lowest BCUT2D eigenvalue weighted by Crippen LogP contribution is -2.44. The molecule has 2 aromatic heterocycles. The number of carbonyl (C=O) groups excluding carboxylic acids is 1. The Hall–Kier alpha value is -2.44. The first-order chi connectivity index (χ1) is 12.9. The van der Waals surface area contributed by atoms with E-state index in [2.05, 4.69) is 23.9 Å². The van der Waals surface area contributed by atoms with Gasteiger partial charge in [0.1, 0.15) is 0 Å². The highest BCUT2D eigenvalue weighted by molar-refractivity contribution is 6.05. The number of carbonyl (C=O) groups is 2. The van der Waals surface area contributed by atoms with E-state index in [0.29, 0.717) is 18.5 Å². The van der Waals surface area contributed by atoms with Crippen LogP contribution in [0, 0.1) is 6.92 Å². The Balaban J connectivity index is 1.96. The topological polar surface area (TPSA) is 88.3 Å². The predicted molar refractivity (Wildman–Crippen MR) is 103 cm³/mol. The normalized spacial score (nSPS) is 18.6. The summed E-state index contributed by atoms with van der Waals surface area (Å²) in [4.78, 5) is 30.8. The highest BCUT2D eigenvalue weighted by atomic mass is 16.4. The number of aromatic nitrogens is 3. The van der Waals surface area contributed by atoms with Gasteiger partial charge in [-0.1, -0.05) is 6.92 Å². The Morgan fingerprint density at radius 1 is 1.37 bits per heavy atom. The van der Waals surface area contributed by atoms with Crippen LogP contribution in [0.25, 0.3) is 11.0 Å². The molecular weight excluding hydrogens is 344 g/mol. The van der Waals surface area contributed by atoms with Gasteiger partial charge in [-0.05, 0) is 52.0 Å². The number of hydrogen-bond acceptors (Lipinski definition) is 4. The Morgan fingerprint density at radius 2 is 2.15 bits per heavy atom. The highest BCUT2D eigenvalue weighted by Gasteiger charge is 2.29. The van der Waals surface area contributed by atoms with E-state index in [1.54, 1.807) is 6.20 Å². The zero-order valence-corrected chi connectivity index (χ0v) is 16.3. The molecule has 0 radical (unpaired) electrons. The van der Waals surface area contributed by atoms with Crippen molar-refractivity contribution in [3.8, 4) is 0 Å². The Kier molecular flexibility index (Phi) is 5.77. The van der Waals surface area contributed by atoms with E-state index in [1.165, 1.54) is 0 Å². The molecule has 3 heterocycles. The molecule has 0 spiro atoms. The number of likely N-dealkylation sites (tertiary alicyclic amines) is 1. The van der Waals surface area contributed by atoms with E-state index in [1.807, 2.05) is 22.6 Å². The molecule has 27 heavy (non-hydrogen) atoms. The van der Waals surface area contributed by atoms with E-state index in [0.717, 1.165) is 42.4 Å². The van der Waals surface area contributed by atoms with Crippen molar-refractivity contribution in [2.45, 2.75) is 71.4 Å². The van der Waals surface area contributed by atoms with Gasteiger partial charge in [0.05, 0.1) is 23.2 Å². The van der Waals surface area contributed by atoms with E-state index >= 15 is 0 Å². The van der Waals surface area contributed by atoms with Crippen molar-refractivity contribution in [2.75, 3.05) is 6.54 Å². The molecule has 1 aliphatic heterocycles. The summed E-state index contributed by atoms with van der Waals surface area (Å²) in [6, 6.07) is 2.02. The third-order valence-corrected chi connectivity index (χ3v) is 5.51. The molecule has 2 unspecified atom stereocenters. The van der Waals surface area contributed by atoms with Crippen LogP contribution in [-0.4, -0.2) is 49.2 Å². The first kappa shape index (κ1) is 19.3. The van der Waals surface area contributed by atoms with Gasteiger partial charge in [-0.3, -0.25) is 9.59 Å². The lowest BCUT2D eigenvalue weighted by molar-refractivity contribution is -0.137. The Morgan fingerprint density at radius 3 is 2.85 bits per heavy atom. The molecule has 146 valence electrons. The van der Waals surface area contributed by atoms with Crippen LogP contribution in [0.5, 0.6) is 0 Å². The minimum Gasteiger partial charge on any atom is -0.481 e. The molecule has 7 heteroatoms. The molecule has 0 bridgehead atoms. The fourth-order valence-electron chi connectivity index (χ4n) is 3.83. The number of piperidine rings is 1. The van der Waals surface area contributed by atoms with Gasteiger partial charge in [-0.2, -0.15) is 5.10 Å². The van der Waals surface area contributed by atoms with E-state index in [9.17, 15) is 9.59 Å². The van der Waals surface area contributed by atoms with E-state index < -0.39 is 5.97 Å². The highest BCUT2D eigenvalue weighted by Crippen LogP contribution is 2.27. The molecular formula is C20H28N4O3. The first-order valence-electron chi connectivity index (χ1n) is 9.80. The van der Waals surface area contributed by atoms with E-state index in [4.69, 9.17) is 5.11 Å². The predicted octanol–water partition coefficient (Wildman–Crippen LogP) is 3.57. The largest absolute Gasteiger partial charge is 0.481 e. The molecule has 0 aliphatic carbocycles. The number of rotatable bonds is 6. The number of carboxylic acid groups (broad SMARTS) is 1. The zero-order chi connectivity index (χ0) is 19.6. The van der Waals surface area contributed by atoms with Gasteiger partial charge in [0.2, 0.25) is 0 Å². The number of aliphatic carboxylic acids is 1. The summed E-state index contributed by atoms with van der Waals surface area (Å²) < 4.78 is 1.89. The monoisotopic (exact) mass is 372 g/mol. The van der Waals surface area contributed by atoms with Crippen molar-refractivity contribution in [1.29, 1.82) is 0 Å². The summed E-state index contributed by atoms with van der Waals surface area (Å²) >= 11 is 0. The number of carboxylic acids is 1. The summed E-state index contributed by atoms with van der Waals surface area (Å²) in [6.45, 7) is 6.75. The molecule has 1 amide bonds. The van der Waals surface area contributed by atoms with Gasteiger partial charge in [-0.15, -0.1) is 0 Å².